The van der Waals surface area contributed by atoms with Gasteiger partial charge in [-0.15, -0.1) is 13.2 Å². The van der Waals surface area contributed by atoms with E-state index in [0.717, 1.165) is 18.4 Å². The molecule has 3 atom stereocenters. The van der Waals surface area contributed by atoms with E-state index in [9.17, 15) is 14.4 Å². The first-order valence-corrected chi connectivity index (χ1v) is 12.7. The quantitative estimate of drug-likeness (QED) is 0.130. The average molecular weight is 519 g/mol. The molecule has 0 saturated heterocycles. The Bertz CT molecular complexity index is 816. The summed E-state index contributed by atoms with van der Waals surface area (Å²) in [6.07, 6.45) is 5.48. The molecular weight excluding hydrogens is 476 g/mol. The number of aliphatic hydroxyl groups is 1. The van der Waals surface area contributed by atoms with Crippen LogP contribution in [0.1, 0.15) is 50.2 Å². The zero-order chi connectivity index (χ0) is 27.3. The van der Waals surface area contributed by atoms with E-state index in [-0.39, 0.29) is 63.6 Å². The molecule has 0 aliphatic heterocycles. The zero-order valence-electron chi connectivity index (χ0n) is 21.9. The molecule has 0 spiro atoms. The first-order valence-electron chi connectivity index (χ1n) is 12.7. The van der Waals surface area contributed by atoms with Crippen molar-refractivity contribution in [2.24, 2.45) is 5.92 Å². The summed E-state index contributed by atoms with van der Waals surface area (Å²) < 4.78 is 16.3. The molecule has 1 aromatic rings. The first kappa shape index (κ1) is 32.0. The number of carbonyl (C=O) groups excluding carboxylic acids is 3. The van der Waals surface area contributed by atoms with Crippen LogP contribution in [-0.4, -0.2) is 69.0 Å². The van der Waals surface area contributed by atoms with Crippen LogP contribution in [0, 0.1) is 5.92 Å². The Morgan fingerprint density at radius 2 is 1.84 bits per heavy atom. The van der Waals surface area contributed by atoms with Crippen molar-refractivity contribution in [1.82, 2.24) is 10.6 Å². The summed E-state index contributed by atoms with van der Waals surface area (Å²) in [6, 6.07) is 8.52. The van der Waals surface area contributed by atoms with Crippen molar-refractivity contribution < 1.29 is 33.7 Å². The number of benzene rings is 1. The molecule has 37 heavy (non-hydrogen) atoms. The van der Waals surface area contributed by atoms with E-state index in [1.165, 1.54) is 7.11 Å². The van der Waals surface area contributed by atoms with Crippen LogP contribution in [0.25, 0.3) is 0 Å². The fourth-order valence-electron chi connectivity index (χ4n) is 3.68. The first-order chi connectivity index (χ1) is 18.0. The normalized spacial score (nSPS) is 13.1. The summed E-state index contributed by atoms with van der Waals surface area (Å²) in [7, 11) is 1.51. The minimum Gasteiger partial charge on any atom is -0.455 e. The SMILES string of the molecule is C=CCCCCC(=O)O[C@@H](c1ccccc1)[C@H](COC)NC(=O)[C@H](CC=C)CC(=O)NCCOCCO. The Morgan fingerprint density at radius 3 is 2.49 bits per heavy atom. The van der Waals surface area contributed by atoms with Crippen LogP contribution < -0.4 is 10.6 Å². The number of methoxy groups -OCH3 is 1. The van der Waals surface area contributed by atoms with Gasteiger partial charge in [0.05, 0.1) is 38.4 Å². The predicted molar refractivity (Wildman–Crippen MR) is 142 cm³/mol. The van der Waals surface area contributed by atoms with Gasteiger partial charge in [0.1, 0.15) is 6.10 Å². The highest BCUT2D eigenvalue weighted by molar-refractivity contribution is 5.86. The molecular formula is C28H42N2O7. The van der Waals surface area contributed by atoms with Gasteiger partial charge in [-0.05, 0) is 31.2 Å². The molecule has 206 valence electrons. The second kappa shape index (κ2) is 20.1. The van der Waals surface area contributed by atoms with Crippen LogP contribution in [0.2, 0.25) is 0 Å². The smallest absolute Gasteiger partial charge is 0.306 e. The van der Waals surface area contributed by atoms with Gasteiger partial charge in [-0.1, -0.05) is 42.5 Å². The van der Waals surface area contributed by atoms with E-state index in [1.807, 2.05) is 36.4 Å². The minimum absolute atomic E-state index is 0.0450. The van der Waals surface area contributed by atoms with Crippen LogP contribution in [0.5, 0.6) is 0 Å². The molecule has 0 radical (unpaired) electrons. The molecule has 9 nitrogen and oxygen atoms in total. The van der Waals surface area contributed by atoms with E-state index in [2.05, 4.69) is 23.8 Å². The van der Waals surface area contributed by atoms with E-state index in [0.29, 0.717) is 12.8 Å². The van der Waals surface area contributed by atoms with Crippen molar-refractivity contribution in [2.45, 2.75) is 50.7 Å². The number of aliphatic hydroxyl groups excluding tert-OH is 1. The Morgan fingerprint density at radius 1 is 1.08 bits per heavy atom. The number of carbonyl (C=O) groups is 3. The third-order valence-electron chi connectivity index (χ3n) is 5.52. The number of ether oxygens (including phenoxy) is 3. The third kappa shape index (κ3) is 13.8. The predicted octanol–water partition coefficient (Wildman–Crippen LogP) is 2.86. The van der Waals surface area contributed by atoms with Gasteiger partial charge >= 0.3 is 5.97 Å². The summed E-state index contributed by atoms with van der Waals surface area (Å²) in [5, 5.41) is 14.4. The standard InChI is InChI=1S/C28H42N2O7/c1-4-6-7-11-15-26(33)37-27(22-13-9-8-10-14-22)24(21-35-3)30-28(34)23(12-5-2)20-25(32)29-16-18-36-19-17-31/h4-5,8-10,13-14,23-24,27,31H,1-2,6-7,11-12,15-21H2,3H3,(H,29,32)(H,30,34)/t23-,24+,27+/m1/s1. The number of unbranched alkanes of at least 4 members (excludes halogenated alkanes) is 2. The highest BCUT2D eigenvalue weighted by Crippen LogP contribution is 2.24. The molecule has 3 N–H and O–H groups in total. The monoisotopic (exact) mass is 518 g/mol. The molecule has 0 aliphatic rings. The number of hydrogen-bond donors (Lipinski definition) is 3. The van der Waals surface area contributed by atoms with Crippen molar-refractivity contribution >= 4 is 17.8 Å². The van der Waals surface area contributed by atoms with Gasteiger partial charge < -0.3 is 30.0 Å². The van der Waals surface area contributed by atoms with Crippen LogP contribution in [0.15, 0.2) is 55.6 Å². The van der Waals surface area contributed by atoms with Crippen molar-refractivity contribution in [3.63, 3.8) is 0 Å². The van der Waals surface area contributed by atoms with Crippen molar-refractivity contribution in [3.05, 3.63) is 61.2 Å². The molecule has 0 saturated carbocycles. The lowest BCUT2D eigenvalue weighted by Crippen LogP contribution is -2.47. The molecule has 0 fully saturated rings. The maximum atomic E-state index is 13.2. The van der Waals surface area contributed by atoms with Crippen LogP contribution in [0.3, 0.4) is 0 Å². The van der Waals surface area contributed by atoms with Crippen molar-refractivity contribution in [1.29, 1.82) is 0 Å². The highest BCUT2D eigenvalue weighted by Gasteiger charge is 2.31. The van der Waals surface area contributed by atoms with Crippen LogP contribution in [-0.2, 0) is 28.6 Å². The molecule has 2 amide bonds. The minimum atomic E-state index is -0.765. The zero-order valence-corrected chi connectivity index (χ0v) is 21.9. The molecule has 0 unspecified atom stereocenters. The molecule has 0 aliphatic carbocycles. The number of nitrogens with one attached hydrogen (secondary N) is 2. The van der Waals surface area contributed by atoms with E-state index in [4.69, 9.17) is 19.3 Å². The van der Waals surface area contributed by atoms with Crippen molar-refractivity contribution in [3.8, 4) is 0 Å². The van der Waals surface area contributed by atoms with E-state index >= 15 is 0 Å². The molecule has 0 heterocycles. The molecule has 0 bridgehead atoms. The summed E-state index contributed by atoms with van der Waals surface area (Å²) in [5.74, 6) is -1.69. The number of hydrogen-bond acceptors (Lipinski definition) is 7. The molecule has 0 aromatic heterocycles. The summed E-state index contributed by atoms with van der Waals surface area (Å²) in [5.41, 5.74) is 0.727. The second-order valence-electron chi connectivity index (χ2n) is 8.54. The Labute approximate surface area is 220 Å². The van der Waals surface area contributed by atoms with Crippen LogP contribution >= 0.6 is 0 Å². The Balaban J connectivity index is 2.91. The summed E-state index contributed by atoms with van der Waals surface area (Å²) in [4.78, 5) is 38.3. The summed E-state index contributed by atoms with van der Waals surface area (Å²) in [6.45, 7) is 8.14. The average Bonchev–Trinajstić information content (AvgIpc) is 2.89. The van der Waals surface area contributed by atoms with Gasteiger partial charge in [0, 0.05) is 26.5 Å². The van der Waals surface area contributed by atoms with Gasteiger partial charge in [-0.3, -0.25) is 14.4 Å². The third-order valence-corrected chi connectivity index (χ3v) is 5.52. The summed E-state index contributed by atoms with van der Waals surface area (Å²) >= 11 is 0. The lowest BCUT2D eigenvalue weighted by molar-refractivity contribution is -0.153. The second-order valence-corrected chi connectivity index (χ2v) is 8.54. The van der Waals surface area contributed by atoms with Gasteiger partial charge in [-0.2, -0.15) is 0 Å². The van der Waals surface area contributed by atoms with Crippen LogP contribution in [0.4, 0.5) is 0 Å². The number of rotatable bonds is 21. The fourth-order valence-corrected chi connectivity index (χ4v) is 3.68. The Hall–Kier alpha value is -3.01. The lowest BCUT2D eigenvalue weighted by Gasteiger charge is -2.29. The van der Waals surface area contributed by atoms with Crippen molar-refractivity contribution in [2.75, 3.05) is 40.1 Å². The maximum Gasteiger partial charge on any atom is 0.306 e. The Kier molecular flexibility index (Phi) is 17.4. The van der Waals surface area contributed by atoms with Gasteiger partial charge in [0.2, 0.25) is 11.8 Å². The van der Waals surface area contributed by atoms with E-state index < -0.39 is 18.1 Å². The topological polar surface area (TPSA) is 123 Å². The largest absolute Gasteiger partial charge is 0.455 e. The number of allylic oxidation sites excluding steroid dienone is 2. The van der Waals surface area contributed by atoms with Gasteiger partial charge in [0.25, 0.3) is 0 Å². The fraction of sp³-hybridized carbons (Fsp3) is 0.536. The van der Waals surface area contributed by atoms with Gasteiger partial charge in [0.15, 0.2) is 0 Å². The number of amides is 2. The molecule has 1 aromatic carbocycles. The number of esters is 1. The highest BCUT2D eigenvalue weighted by atomic mass is 16.5. The molecule has 1 rings (SSSR count). The maximum absolute atomic E-state index is 13.2. The van der Waals surface area contributed by atoms with Gasteiger partial charge in [-0.25, -0.2) is 0 Å². The molecule has 9 heteroatoms. The van der Waals surface area contributed by atoms with E-state index in [1.54, 1.807) is 6.08 Å². The lowest BCUT2D eigenvalue weighted by atomic mass is 9.97.